The van der Waals surface area contributed by atoms with Crippen molar-refractivity contribution in [3.8, 4) is 0 Å². The first-order valence-corrected chi connectivity index (χ1v) is 9.78. The maximum atomic E-state index is 12.1. The molecule has 0 spiro atoms. The highest BCUT2D eigenvalue weighted by Crippen LogP contribution is 2.32. The molecule has 146 valence electrons. The monoisotopic (exact) mass is 370 g/mol. The van der Waals surface area contributed by atoms with E-state index >= 15 is 0 Å². The summed E-state index contributed by atoms with van der Waals surface area (Å²) in [6.45, 7) is 5.29. The molecule has 27 heavy (non-hydrogen) atoms. The number of piperidine rings is 1. The van der Waals surface area contributed by atoms with Crippen molar-refractivity contribution >= 4 is 23.4 Å². The number of aliphatic hydroxyl groups excluding tert-OH is 1. The third kappa shape index (κ3) is 4.50. The van der Waals surface area contributed by atoms with Gasteiger partial charge in [-0.3, -0.25) is 4.79 Å². The molecule has 2 heterocycles. The van der Waals surface area contributed by atoms with Gasteiger partial charge in [-0.1, -0.05) is 6.07 Å². The third-order valence-electron chi connectivity index (χ3n) is 5.66. The Morgan fingerprint density at radius 3 is 2.74 bits per heavy atom. The summed E-state index contributed by atoms with van der Waals surface area (Å²) in [6.07, 6.45) is 5.48. The van der Waals surface area contributed by atoms with E-state index in [9.17, 15) is 9.90 Å². The zero-order chi connectivity index (χ0) is 19.4. The first-order chi connectivity index (χ1) is 13.0. The highest BCUT2D eigenvalue weighted by molar-refractivity contribution is 6.08. The minimum absolute atomic E-state index is 0.0671. The lowest BCUT2D eigenvalue weighted by Crippen LogP contribution is -2.42. The van der Waals surface area contributed by atoms with Crippen LogP contribution < -0.4 is 10.6 Å². The van der Waals surface area contributed by atoms with Gasteiger partial charge in [-0.25, -0.2) is 0 Å². The number of nitrogens with zero attached hydrogens (tertiary/aromatic N) is 2. The lowest BCUT2D eigenvalue weighted by atomic mass is 9.95. The van der Waals surface area contributed by atoms with Crippen LogP contribution in [0.2, 0.25) is 0 Å². The number of nitrogens with one attached hydrogen (secondary N) is 1. The molecule has 1 fully saturated rings. The summed E-state index contributed by atoms with van der Waals surface area (Å²) in [6, 6.07) is 6.33. The average molecular weight is 370 g/mol. The summed E-state index contributed by atoms with van der Waals surface area (Å²) >= 11 is 0. The van der Waals surface area contributed by atoms with Crippen LogP contribution in [0, 0.1) is 11.3 Å². The quantitative estimate of drug-likeness (QED) is 0.668. The molecule has 3 rings (SSSR count). The van der Waals surface area contributed by atoms with Crippen LogP contribution >= 0.6 is 0 Å². The van der Waals surface area contributed by atoms with E-state index in [-0.39, 0.29) is 12.3 Å². The maximum absolute atomic E-state index is 12.1. The van der Waals surface area contributed by atoms with Gasteiger partial charge in [0.05, 0.1) is 12.5 Å². The van der Waals surface area contributed by atoms with Gasteiger partial charge in [-0.2, -0.15) is 0 Å². The van der Waals surface area contributed by atoms with Gasteiger partial charge >= 0.3 is 0 Å². The Labute approximate surface area is 161 Å². The van der Waals surface area contributed by atoms with E-state index in [1.165, 1.54) is 23.7 Å². The normalized spacial score (nSPS) is 19.1. The van der Waals surface area contributed by atoms with Crippen molar-refractivity contribution in [2.45, 2.75) is 38.7 Å². The fourth-order valence-corrected chi connectivity index (χ4v) is 4.13. The molecule has 0 radical (unpaired) electrons. The Morgan fingerprint density at radius 2 is 2.11 bits per heavy atom. The second kappa shape index (κ2) is 8.57. The molecular weight excluding hydrogens is 340 g/mol. The zero-order valence-corrected chi connectivity index (χ0v) is 16.0. The van der Waals surface area contributed by atoms with Crippen molar-refractivity contribution in [3.05, 3.63) is 35.5 Å². The van der Waals surface area contributed by atoms with Crippen LogP contribution in [0.5, 0.6) is 0 Å². The number of amides is 1. The van der Waals surface area contributed by atoms with Gasteiger partial charge < -0.3 is 26.0 Å². The Morgan fingerprint density at radius 1 is 1.37 bits per heavy atom. The summed E-state index contributed by atoms with van der Waals surface area (Å²) in [5, 5.41) is 16.9. The first kappa shape index (κ1) is 19.4. The number of nitrogens with two attached hydrogens (primary N) is 1. The van der Waals surface area contributed by atoms with E-state index in [1.54, 1.807) is 6.92 Å². The Kier molecular flexibility index (Phi) is 6.16. The van der Waals surface area contributed by atoms with Crippen LogP contribution in [0.4, 0.5) is 5.69 Å². The Bertz CT molecular complexity index is 721. The molecule has 6 nitrogen and oxygen atoms in total. The number of likely N-dealkylation sites (tertiary alicyclic amines) is 1. The van der Waals surface area contributed by atoms with E-state index in [0.717, 1.165) is 56.6 Å². The van der Waals surface area contributed by atoms with E-state index in [4.69, 9.17) is 11.1 Å². The largest absolute Gasteiger partial charge is 0.404 e. The number of carbonyl (C=O) groups is 1. The number of benzene rings is 1. The molecule has 0 aliphatic carbocycles. The van der Waals surface area contributed by atoms with Crippen LogP contribution in [-0.2, 0) is 11.2 Å². The van der Waals surface area contributed by atoms with Crippen LogP contribution in [-0.4, -0.2) is 54.4 Å². The van der Waals surface area contributed by atoms with E-state index in [2.05, 4.69) is 17.0 Å². The SMILES string of the molecule is CC(O)CC(=O)N1CCC(CN2CCc3cc(/C(C=N)=C/N)ccc32)CC1. The smallest absolute Gasteiger partial charge is 0.225 e. The number of hydrogen-bond donors (Lipinski definition) is 3. The molecule has 4 N–H and O–H groups in total. The van der Waals surface area contributed by atoms with Crippen molar-refractivity contribution in [1.29, 1.82) is 5.41 Å². The minimum atomic E-state index is -0.566. The Balaban J connectivity index is 1.57. The van der Waals surface area contributed by atoms with Gasteiger partial charge in [0.15, 0.2) is 0 Å². The second-order valence-corrected chi connectivity index (χ2v) is 7.68. The number of rotatable bonds is 6. The number of hydrogen-bond acceptors (Lipinski definition) is 5. The summed E-state index contributed by atoms with van der Waals surface area (Å²) < 4.78 is 0. The second-order valence-electron chi connectivity index (χ2n) is 7.68. The molecule has 6 heteroatoms. The molecule has 1 atom stereocenters. The van der Waals surface area contributed by atoms with E-state index < -0.39 is 6.10 Å². The average Bonchev–Trinajstić information content (AvgIpc) is 3.05. The number of carbonyl (C=O) groups excluding carboxylic acids is 1. The summed E-state index contributed by atoms with van der Waals surface area (Å²) in [5.74, 6) is 0.657. The Hall–Kier alpha value is -2.34. The molecule has 1 aromatic rings. The molecular formula is C21H30N4O2. The highest BCUT2D eigenvalue weighted by atomic mass is 16.3. The van der Waals surface area contributed by atoms with Gasteiger partial charge in [-0.05, 0) is 55.4 Å². The fraction of sp³-hybridized carbons (Fsp3) is 0.524. The molecule has 1 unspecified atom stereocenters. The number of aliphatic hydroxyl groups is 1. The molecule has 0 bridgehead atoms. The lowest BCUT2D eigenvalue weighted by molar-refractivity contribution is -0.134. The predicted molar refractivity (Wildman–Crippen MR) is 109 cm³/mol. The minimum Gasteiger partial charge on any atom is -0.404 e. The van der Waals surface area contributed by atoms with Crippen molar-refractivity contribution in [3.63, 3.8) is 0 Å². The van der Waals surface area contributed by atoms with E-state index in [0.29, 0.717) is 5.92 Å². The number of allylic oxidation sites excluding steroid dienone is 1. The fourth-order valence-electron chi connectivity index (χ4n) is 4.13. The summed E-state index contributed by atoms with van der Waals surface area (Å²) in [4.78, 5) is 16.4. The van der Waals surface area contributed by atoms with Crippen molar-refractivity contribution in [2.24, 2.45) is 11.7 Å². The molecule has 1 saturated heterocycles. The van der Waals surface area contributed by atoms with Crippen LogP contribution in [0.25, 0.3) is 5.57 Å². The lowest BCUT2D eigenvalue weighted by Gasteiger charge is -2.35. The highest BCUT2D eigenvalue weighted by Gasteiger charge is 2.27. The first-order valence-electron chi connectivity index (χ1n) is 9.78. The predicted octanol–water partition coefficient (Wildman–Crippen LogP) is 2.01. The molecule has 2 aliphatic rings. The molecule has 2 aliphatic heterocycles. The van der Waals surface area contributed by atoms with Crippen LogP contribution in [0.1, 0.15) is 37.3 Å². The standard InChI is InChI=1S/C21H30N4O2/c1-15(26)10-21(27)24-7-4-16(5-8-24)14-25-9-6-18-11-17(2-3-20(18)25)19(12-22)13-23/h2-3,11-13,15-16,22,26H,4-10,14,23H2,1H3/b19-13+,22-12?. The molecule has 1 aromatic carbocycles. The summed E-state index contributed by atoms with van der Waals surface area (Å²) in [7, 11) is 0. The zero-order valence-electron chi connectivity index (χ0n) is 16.0. The van der Waals surface area contributed by atoms with Gasteiger partial charge in [0.1, 0.15) is 0 Å². The number of anilines is 1. The van der Waals surface area contributed by atoms with Crippen molar-refractivity contribution < 1.29 is 9.90 Å². The van der Waals surface area contributed by atoms with Gasteiger partial charge in [0.25, 0.3) is 0 Å². The maximum Gasteiger partial charge on any atom is 0.225 e. The van der Waals surface area contributed by atoms with Crippen molar-refractivity contribution in [2.75, 3.05) is 31.1 Å². The topological polar surface area (TPSA) is 93.6 Å². The van der Waals surface area contributed by atoms with Crippen LogP contribution in [0.15, 0.2) is 24.4 Å². The molecule has 0 saturated carbocycles. The molecule has 1 amide bonds. The number of fused-ring (bicyclic) bond motifs is 1. The third-order valence-corrected chi connectivity index (χ3v) is 5.66. The van der Waals surface area contributed by atoms with Crippen molar-refractivity contribution in [1.82, 2.24) is 4.90 Å². The van der Waals surface area contributed by atoms with E-state index in [1.807, 2.05) is 11.0 Å². The van der Waals surface area contributed by atoms with Gasteiger partial charge in [0, 0.05) is 49.9 Å². The summed E-state index contributed by atoms with van der Waals surface area (Å²) in [5.41, 5.74) is 9.95. The van der Waals surface area contributed by atoms with Gasteiger partial charge in [0.2, 0.25) is 5.91 Å². The van der Waals surface area contributed by atoms with Crippen LogP contribution in [0.3, 0.4) is 0 Å². The molecule has 0 aromatic heterocycles. The van der Waals surface area contributed by atoms with Gasteiger partial charge in [-0.15, -0.1) is 0 Å².